The Morgan fingerprint density at radius 3 is 2.18 bits per heavy atom. The van der Waals surface area contributed by atoms with Crippen LogP contribution in [0.25, 0.3) is 0 Å². The van der Waals surface area contributed by atoms with Crippen molar-refractivity contribution in [3.05, 3.63) is 18.7 Å². The van der Waals surface area contributed by atoms with E-state index in [2.05, 4.69) is 4.98 Å². The zero-order valence-corrected chi connectivity index (χ0v) is 10.6. The number of ether oxygens (including phenoxy) is 3. The van der Waals surface area contributed by atoms with E-state index in [-0.39, 0.29) is 0 Å². The maximum Gasteiger partial charge on any atom is 0.0946 e. The SMILES string of the molecule is ClCCOCCOCCOCCn1ccnc1. The van der Waals surface area contributed by atoms with Crippen molar-refractivity contribution in [2.24, 2.45) is 0 Å². The highest BCUT2D eigenvalue weighted by atomic mass is 35.5. The summed E-state index contributed by atoms with van der Waals surface area (Å²) in [6, 6.07) is 0. The molecule has 0 amide bonds. The Morgan fingerprint density at radius 1 is 0.941 bits per heavy atom. The van der Waals surface area contributed by atoms with Crippen LogP contribution in [-0.4, -0.2) is 55.1 Å². The standard InChI is InChI=1S/C11H19ClN2O3/c12-1-5-15-7-9-17-10-8-16-6-4-14-3-2-13-11-14/h2-3,11H,1,4-10H2. The van der Waals surface area contributed by atoms with Crippen LogP contribution in [-0.2, 0) is 20.8 Å². The van der Waals surface area contributed by atoms with E-state index < -0.39 is 0 Å². The van der Waals surface area contributed by atoms with Gasteiger partial charge in [-0.2, -0.15) is 0 Å². The molecule has 0 unspecified atom stereocenters. The molecule has 0 saturated carbocycles. The smallest absolute Gasteiger partial charge is 0.0946 e. The molecular weight excluding hydrogens is 244 g/mol. The van der Waals surface area contributed by atoms with Gasteiger partial charge in [0, 0.05) is 24.8 Å². The Kier molecular flexibility index (Phi) is 8.94. The molecule has 0 N–H and O–H groups in total. The fourth-order valence-electron chi connectivity index (χ4n) is 1.19. The minimum absolute atomic E-state index is 0.525. The number of rotatable bonds is 11. The number of halogens is 1. The topological polar surface area (TPSA) is 45.5 Å². The van der Waals surface area contributed by atoms with Gasteiger partial charge in [-0.25, -0.2) is 4.98 Å². The number of aromatic nitrogens is 2. The van der Waals surface area contributed by atoms with Gasteiger partial charge < -0.3 is 18.8 Å². The number of alkyl halides is 1. The van der Waals surface area contributed by atoms with Crippen LogP contribution in [0.3, 0.4) is 0 Å². The highest BCUT2D eigenvalue weighted by Crippen LogP contribution is 1.87. The molecule has 0 aliphatic rings. The Labute approximate surface area is 107 Å². The van der Waals surface area contributed by atoms with E-state index in [9.17, 15) is 0 Å². The molecular formula is C11H19ClN2O3. The van der Waals surface area contributed by atoms with E-state index in [1.54, 1.807) is 12.5 Å². The molecule has 0 radical (unpaired) electrons. The van der Waals surface area contributed by atoms with E-state index in [1.807, 2.05) is 10.8 Å². The molecule has 0 aromatic carbocycles. The van der Waals surface area contributed by atoms with Crippen molar-refractivity contribution in [1.29, 1.82) is 0 Å². The molecule has 5 nitrogen and oxygen atoms in total. The molecule has 6 heteroatoms. The van der Waals surface area contributed by atoms with E-state index >= 15 is 0 Å². The average molecular weight is 263 g/mol. The first-order chi connectivity index (χ1) is 8.43. The van der Waals surface area contributed by atoms with Gasteiger partial charge >= 0.3 is 0 Å². The van der Waals surface area contributed by atoms with Crippen molar-refractivity contribution in [3.8, 4) is 0 Å². The van der Waals surface area contributed by atoms with Gasteiger partial charge in [-0.15, -0.1) is 11.6 Å². The molecule has 1 heterocycles. The van der Waals surface area contributed by atoms with Crippen molar-refractivity contribution in [3.63, 3.8) is 0 Å². The maximum atomic E-state index is 5.45. The first kappa shape index (κ1) is 14.4. The predicted octanol–water partition coefficient (Wildman–Crippen LogP) is 1.17. The first-order valence-corrected chi connectivity index (χ1v) is 6.22. The molecule has 0 saturated heterocycles. The van der Waals surface area contributed by atoms with Crippen LogP contribution in [0.1, 0.15) is 0 Å². The van der Waals surface area contributed by atoms with Crippen LogP contribution in [0.15, 0.2) is 18.7 Å². The number of hydrogen-bond donors (Lipinski definition) is 0. The zero-order valence-electron chi connectivity index (χ0n) is 9.89. The Hall–Kier alpha value is -0.620. The number of nitrogens with zero attached hydrogens (tertiary/aromatic N) is 2. The lowest BCUT2D eigenvalue weighted by atomic mass is 10.6. The van der Waals surface area contributed by atoms with Crippen LogP contribution in [0.4, 0.5) is 0 Å². The molecule has 0 atom stereocenters. The third kappa shape index (κ3) is 8.15. The van der Waals surface area contributed by atoms with E-state index in [0.717, 1.165) is 6.54 Å². The molecule has 98 valence electrons. The van der Waals surface area contributed by atoms with Crippen molar-refractivity contribution in [2.45, 2.75) is 6.54 Å². The largest absolute Gasteiger partial charge is 0.378 e. The van der Waals surface area contributed by atoms with Crippen LogP contribution in [0, 0.1) is 0 Å². The maximum absolute atomic E-state index is 5.45. The van der Waals surface area contributed by atoms with Gasteiger partial charge in [0.25, 0.3) is 0 Å². The van der Waals surface area contributed by atoms with Gasteiger partial charge in [-0.1, -0.05) is 0 Å². The second-order valence-electron chi connectivity index (χ2n) is 3.33. The van der Waals surface area contributed by atoms with Crippen molar-refractivity contribution in [1.82, 2.24) is 9.55 Å². The Bertz CT molecular complexity index is 257. The third-order valence-corrected chi connectivity index (χ3v) is 2.17. The Morgan fingerprint density at radius 2 is 1.59 bits per heavy atom. The normalized spacial score (nSPS) is 10.9. The molecule has 0 spiro atoms. The summed E-state index contributed by atoms with van der Waals surface area (Å²) in [5.74, 6) is 0.525. The van der Waals surface area contributed by atoms with E-state index in [0.29, 0.717) is 45.5 Å². The summed E-state index contributed by atoms with van der Waals surface area (Å²) in [7, 11) is 0. The minimum Gasteiger partial charge on any atom is -0.378 e. The zero-order chi connectivity index (χ0) is 12.2. The number of hydrogen-bond acceptors (Lipinski definition) is 4. The van der Waals surface area contributed by atoms with Crippen LogP contribution >= 0.6 is 11.6 Å². The van der Waals surface area contributed by atoms with Crippen LogP contribution in [0.5, 0.6) is 0 Å². The van der Waals surface area contributed by atoms with Crippen molar-refractivity contribution >= 4 is 11.6 Å². The molecule has 0 aliphatic heterocycles. The monoisotopic (exact) mass is 262 g/mol. The Balaban J connectivity index is 1.76. The van der Waals surface area contributed by atoms with Crippen molar-refractivity contribution in [2.75, 3.05) is 45.5 Å². The lowest BCUT2D eigenvalue weighted by molar-refractivity contribution is 0.0158. The summed E-state index contributed by atoms with van der Waals surface area (Å²) in [6.45, 7) is 4.43. The van der Waals surface area contributed by atoms with Gasteiger partial charge in [-0.05, 0) is 0 Å². The highest BCUT2D eigenvalue weighted by molar-refractivity contribution is 6.17. The molecule has 1 rings (SSSR count). The molecule has 0 aliphatic carbocycles. The number of imidazole rings is 1. The second-order valence-corrected chi connectivity index (χ2v) is 3.70. The third-order valence-electron chi connectivity index (χ3n) is 2.02. The van der Waals surface area contributed by atoms with Gasteiger partial charge in [-0.3, -0.25) is 0 Å². The van der Waals surface area contributed by atoms with Crippen LogP contribution in [0.2, 0.25) is 0 Å². The quantitative estimate of drug-likeness (QED) is 0.444. The van der Waals surface area contributed by atoms with Gasteiger partial charge in [0.2, 0.25) is 0 Å². The summed E-state index contributed by atoms with van der Waals surface area (Å²) in [5.41, 5.74) is 0. The summed E-state index contributed by atoms with van der Waals surface area (Å²) in [4.78, 5) is 3.95. The fraction of sp³-hybridized carbons (Fsp3) is 0.727. The lowest BCUT2D eigenvalue weighted by Gasteiger charge is -2.06. The van der Waals surface area contributed by atoms with Crippen LogP contribution < -0.4 is 0 Å². The first-order valence-electron chi connectivity index (χ1n) is 5.68. The molecule has 17 heavy (non-hydrogen) atoms. The summed E-state index contributed by atoms with van der Waals surface area (Å²) >= 11 is 5.45. The molecule has 0 fully saturated rings. The van der Waals surface area contributed by atoms with E-state index in [1.165, 1.54) is 0 Å². The minimum atomic E-state index is 0.525. The summed E-state index contributed by atoms with van der Waals surface area (Å²) in [6.07, 6.45) is 5.44. The summed E-state index contributed by atoms with van der Waals surface area (Å²) in [5, 5.41) is 0. The molecule has 1 aromatic heterocycles. The van der Waals surface area contributed by atoms with Gasteiger partial charge in [0.15, 0.2) is 0 Å². The van der Waals surface area contributed by atoms with E-state index in [4.69, 9.17) is 25.8 Å². The fourth-order valence-corrected chi connectivity index (χ4v) is 1.29. The highest BCUT2D eigenvalue weighted by Gasteiger charge is 1.92. The van der Waals surface area contributed by atoms with Gasteiger partial charge in [0.1, 0.15) is 0 Å². The second kappa shape index (κ2) is 10.5. The predicted molar refractivity (Wildman–Crippen MR) is 65.4 cm³/mol. The lowest BCUT2D eigenvalue weighted by Crippen LogP contribution is -2.12. The van der Waals surface area contributed by atoms with Crippen molar-refractivity contribution < 1.29 is 14.2 Å². The average Bonchev–Trinajstić information content (AvgIpc) is 2.85. The van der Waals surface area contributed by atoms with Gasteiger partial charge in [0.05, 0.1) is 46.0 Å². The summed E-state index contributed by atoms with van der Waals surface area (Å²) < 4.78 is 17.8. The molecule has 1 aromatic rings. The molecule has 0 bridgehead atoms.